The van der Waals surface area contributed by atoms with Gasteiger partial charge < -0.3 is 19.5 Å². The first-order chi connectivity index (χ1) is 16.8. The van der Waals surface area contributed by atoms with Crippen LogP contribution in [0.15, 0.2) is 49.3 Å². The van der Waals surface area contributed by atoms with Gasteiger partial charge in [0.25, 0.3) is 0 Å². The van der Waals surface area contributed by atoms with Crippen LogP contribution in [0, 0.1) is 0 Å². The number of nitrogens with one attached hydrogen (secondary N) is 1. The fourth-order valence-electron chi connectivity index (χ4n) is 3.54. The summed E-state index contributed by atoms with van der Waals surface area (Å²) in [5.41, 5.74) is 0.467. The van der Waals surface area contributed by atoms with Gasteiger partial charge in [-0.05, 0) is 60.1 Å². The van der Waals surface area contributed by atoms with Gasteiger partial charge in [0.1, 0.15) is 22.8 Å². The number of rotatable bonds is 6. The van der Waals surface area contributed by atoms with E-state index in [1.165, 1.54) is 4.57 Å². The molecule has 0 saturated heterocycles. The molecule has 1 N–H and O–H groups in total. The molecule has 0 bridgehead atoms. The molecule has 3 aromatic rings. The summed E-state index contributed by atoms with van der Waals surface area (Å²) in [5, 5.41) is 3.69. The maximum Gasteiger partial charge on any atom is 0.420 e. The van der Waals surface area contributed by atoms with Crippen molar-refractivity contribution in [1.82, 2.24) is 19.9 Å². The number of carbonyl (C=O) groups is 2. The third kappa shape index (κ3) is 6.62. The molecule has 192 valence electrons. The second-order valence-electron chi connectivity index (χ2n) is 10.3. The molecule has 0 radical (unpaired) electrons. The molecule has 0 saturated carbocycles. The number of nitrogens with zero attached hydrogens (tertiary/aromatic N) is 3. The zero-order valence-corrected chi connectivity index (χ0v) is 21.9. The number of pyridine rings is 1. The predicted octanol–water partition coefficient (Wildman–Crippen LogP) is 6.03. The maximum absolute atomic E-state index is 13.2. The first kappa shape index (κ1) is 26.7. The normalized spacial score (nSPS) is 12.6. The Kier molecular flexibility index (Phi) is 7.71. The summed E-state index contributed by atoms with van der Waals surface area (Å²) < 4.78 is 18.0. The molecule has 2 heterocycles. The zero-order chi connectivity index (χ0) is 26.7. The molecule has 0 aliphatic rings. The molecular weight excluding hydrogens is 460 g/mol. The smallest absolute Gasteiger partial charge is 0.420 e. The molecule has 9 nitrogen and oxygen atoms in total. The van der Waals surface area contributed by atoms with Crippen molar-refractivity contribution in [1.29, 1.82) is 0 Å². The summed E-state index contributed by atoms with van der Waals surface area (Å²) in [6.45, 7) is 14.5. The molecule has 9 heteroatoms. The fourth-order valence-corrected chi connectivity index (χ4v) is 3.54. The molecule has 0 spiro atoms. The van der Waals surface area contributed by atoms with E-state index < -0.39 is 29.4 Å². The van der Waals surface area contributed by atoms with Crippen LogP contribution in [0.1, 0.15) is 59.8 Å². The highest BCUT2D eigenvalue weighted by Crippen LogP contribution is 2.34. The molecule has 3 rings (SSSR count). The summed E-state index contributed by atoms with van der Waals surface area (Å²) in [6, 6.07) is 6.79. The lowest BCUT2D eigenvalue weighted by atomic mass is 10.1. The van der Waals surface area contributed by atoms with E-state index in [0.717, 1.165) is 10.9 Å². The second-order valence-corrected chi connectivity index (χ2v) is 10.3. The minimum Gasteiger partial charge on any atom is -0.496 e. The minimum absolute atomic E-state index is 0.276. The van der Waals surface area contributed by atoms with Gasteiger partial charge in [-0.3, -0.25) is 4.98 Å². The van der Waals surface area contributed by atoms with Crippen molar-refractivity contribution in [2.24, 2.45) is 0 Å². The van der Waals surface area contributed by atoms with Gasteiger partial charge in [-0.1, -0.05) is 12.1 Å². The molecular formula is C27H34N4O5. The molecule has 0 fully saturated rings. The van der Waals surface area contributed by atoms with E-state index >= 15 is 0 Å². The second kappa shape index (κ2) is 10.4. The number of fused-ring (bicyclic) bond motifs is 1. The van der Waals surface area contributed by atoms with Crippen LogP contribution < -0.4 is 10.1 Å². The lowest BCUT2D eigenvalue weighted by molar-refractivity contribution is 0.0473. The Balaban J connectivity index is 2.14. The summed E-state index contributed by atoms with van der Waals surface area (Å²) in [4.78, 5) is 34.9. The number of carbonyl (C=O) groups excluding carboxylic acids is 2. The number of aromatic nitrogens is 3. The van der Waals surface area contributed by atoms with Gasteiger partial charge in [0.15, 0.2) is 0 Å². The van der Waals surface area contributed by atoms with E-state index in [4.69, 9.17) is 19.2 Å². The summed E-state index contributed by atoms with van der Waals surface area (Å²) in [6.07, 6.45) is 3.96. The van der Waals surface area contributed by atoms with Crippen LogP contribution >= 0.6 is 0 Å². The Morgan fingerprint density at radius 3 is 2.44 bits per heavy atom. The third-order valence-electron chi connectivity index (χ3n) is 4.93. The van der Waals surface area contributed by atoms with Gasteiger partial charge in [-0.15, -0.1) is 6.58 Å². The Morgan fingerprint density at radius 2 is 1.83 bits per heavy atom. The number of alkyl carbamates (subject to hydrolysis) is 1. The highest BCUT2D eigenvalue weighted by molar-refractivity contribution is 5.88. The zero-order valence-electron chi connectivity index (χ0n) is 21.9. The van der Waals surface area contributed by atoms with E-state index in [2.05, 4.69) is 16.9 Å². The number of hydrogen-bond acceptors (Lipinski definition) is 7. The average molecular weight is 495 g/mol. The van der Waals surface area contributed by atoms with Crippen LogP contribution in [0.3, 0.4) is 0 Å². The highest BCUT2D eigenvalue weighted by Gasteiger charge is 2.29. The largest absolute Gasteiger partial charge is 0.496 e. The van der Waals surface area contributed by atoms with E-state index in [9.17, 15) is 9.59 Å². The molecule has 0 aliphatic heterocycles. The van der Waals surface area contributed by atoms with E-state index in [-0.39, 0.29) is 5.82 Å². The standard InChI is InChI=1S/C27H34N4O5/c1-9-11-19(30-24(32)35-26(2,3)4)23-29-21(16-31(23)25(33)36-27(5,6)7)18-14-17-12-10-13-28-20(17)15-22(18)34-8/h9-10,12-16,19H,1,11H2,2-8H3,(H,30,32). The van der Waals surface area contributed by atoms with Gasteiger partial charge in [0.05, 0.1) is 24.4 Å². The first-order valence-electron chi connectivity index (χ1n) is 11.7. The molecule has 36 heavy (non-hydrogen) atoms. The van der Waals surface area contributed by atoms with E-state index in [0.29, 0.717) is 23.4 Å². The van der Waals surface area contributed by atoms with Crippen molar-refractivity contribution in [3.8, 4) is 17.0 Å². The fraction of sp³-hybridized carbons (Fsp3) is 0.407. The van der Waals surface area contributed by atoms with Gasteiger partial charge in [0, 0.05) is 29.4 Å². The predicted molar refractivity (Wildman–Crippen MR) is 138 cm³/mol. The summed E-state index contributed by atoms with van der Waals surface area (Å²) in [7, 11) is 1.56. The van der Waals surface area contributed by atoms with Crippen LogP contribution in [-0.2, 0) is 9.47 Å². The molecule has 1 atom stereocenters. The number of imidazole rings is 1. The Hall–Kier alpha value is -3.88. The van der Waals surface area contributed by atoms with Crippen LogP contribution in [0.4, 0.5) is 9.59 Å². The number of hydrogen-bond donors (Lipinski definition) is 1. The molecule has 1 aromatic carbocycles. The average Bonchev–Trinajstić information content (AvgIpc) is 3.21. The number of benzene rings is 1. The van der Waals surface area contributed by atoms with Crippen molar-refractivity contribution in [3.05, 3.63) is 55.1 Å². The lowest BCUT2D eigenvalue weighted by Gasteiger charge is -2.24. The van der Waals surface area contributed by atoms with E-state index in [1.54, 1.807) is 67.1 Å². The van der Waals surface area contributed by atoms with Crippen LogP contribution in [0.5, 0.6) is 5.75 Å². The van der Waals surface area contributed by atoms with Gasteiger partial charge >= 0.3 is 12.2 Å². The minimum atomic E-state index is -0.738. The Labute approximate surface area is 211 Å². The molecule has 1 unspecified atom stereocenters. The molecule has 2 aromatic heterocycles. The van der Waals surface area contributed by atoms with Gasteiger partial charge in [0.2, 0.25) is 0 Å². The third-order valence-corrected chi connectivity index (χ3v) is 4.93. The van der Waals surface area contributed by atoms with Crippen LogP contribution in [0.25, 0.3) is 22.2 Å². The summed E-state index contributed by atoms with van der Waals surface area (Å²) >= 11 is 0. The Bertz CT molecular complexity index is 1270. The quantitative estimate of drug-likeness (QED) is 0.417. The van der Waals surface area contributed by atoms with Crippen LogP contribution in [-0.4, -0.2) is 45.0 Å². The summed E-state index contributed by atoms with van der Waals surface area (Å²) in [5.74, 6) is 0.820. The van der Waals surface area contributed by atoms with Crippen molar-refractivity contribution < 1.29 is 23.8 Å². The maximum atomic E-state index is 13.2. The first-order valence-corrected chi connectivity index (χ1v) is 11.7. The Morgan fingerprint density at radius 1 is 1.14 bits per heavy atom. The molecule has 0 aliphatic carbocycles. The van der Waals surface area contributed by atoms with Crippen molar-refractivity contribution in [2.45, 2.75) is 65.2 Å². The van der Waals surface area contributed by atoms with Crippen LogP contribution in [0.2, 0.25) is 0 Å². The number of methoxy groups -OCH3 is 1. The van der Waals surface area contributed by atoms with Crippen molar-refractivity contribution >= 4 is 23.1 Å². The molecule has 1 amide bonds. The highest BCUT2D eigenvalue weighted by atomic mass is 16.6. The van der Waals surface area contributed by atoms with Crippen molar-refractivity contribution in [3.63, 3.8) is 0 Å². The lowest BCUT2D eigenvalue weighted by Crippen LogP contribution is -2.37. The van der Waals surface area contributed by atoms with Gasteiger partial charge in [-0.25, -0.2) is 19.1 Å². The monoisotopic (exact) mass is 494 g/mol. The van der Waals surface area contributed by atoms with Gasteiger partial charge in [-0.2, -0.15) is 0 Å². The topological polar surface area (TPSA) is 105 Å². The SMILES string of the molecule is C=CCC(NC(=O)OC(C)(C)C)c1nc(-c2cc3cccnc3cc2OC)cn1C(=O)OC(C)(C)C. The number of amides is 1. The number of ether oxygens (including phenoxy) is 3. The van der Waals surface area contributed by atoms with Crippen molar-refractivity contribution in [2.75, 3.05) is 7.11 Å². The van der Waals surface area contributed by atoms with E-state index in [1.807, 2.05) is 24.3 Å².